The fourth-order valence-corrected chi connectivity index (χ4v) is 4.72. The lowest BCUT2D eigenvalue weighted by Crippen LogP contribution is -2.29. The van der Waals surface area contributed by atoms with Crippen molar-refractivity contribution in [2.75, 3.05) is 18.1 Å². The zero-order chi connectivity index (χ0) is 25.8. The molecule has 1 N–H and O–H groups in total. The number of Topliss-reactive ketones (excluding diaryl/α,β-unsaturated/α-hetero) is 1. The van der Waals surface area contributed by atoms with Crippen molar-refractivity contribution in [3.8, 4) is 5.75 Å². The van der Waals surface area contributed by atoms with Gasteiger partial charge in [-0.1, -0.05) is 43.0 Å². The van der Waals surface area contributed by atoms with E-state index in [9.17, 15) is 19.5 Å². The Labute approximate surface area is 211 Å². The van der Waals surface area contributed by atoms with Gasteiger partial charge in [0, 0.05) is 5.56 Å². The number of aliphatic hydroxyl groups is 1. The molecule has 186 valence electrons. The highest BCUT2D eigenvalue weighted by Gasteiger charge is 2.49. The van der Waals surface area contributed by atoms with E-state index in [1.54, 1.807) is 43.3 Å². The van der Waals surface area contributed by atoms with Crippen LogP contribution in [-0.2, 0) is 14.3 Å². The molecule has 0 aliphatic carbocycles. The molecule has 1 aliphatic rings. The zero-order valence-electron chi connectivity index (χ0n) is 19.7. The monoisotopic (exact) mass is 508 g/mol. The van der Waals surface area contributed by atoms with Crippen LogP contribution in [0.15, 0.2) is 65.3 Å². The van der Waals surface area contributed by atoms with E-state index in [4.69, 9.17) is 13.9 Å². The Kier molecular flexibility index (Phi) is 7.35. The number of furan rings is 1. The smallest absolute Gasteiger partial charge is 0.350 e. The van der Waals surface area contributed by atoms with Gasteiger partial charge in [-0.3, -0.25) is 14.5 Å². The molecule has 0 spiro atoms. The van der Waals surface area contributed by atoms with Gasteiger partial charge in [-0.2, -0.15) is 0 Å². The van der Waals surface area contributed by atoms with Crippen molar-refractivity contribution in [1.29, 1.82) is 0 Å². The summed E-state index contributed by atoms with van der Waals surface area (Å²) in [6.07, 6.45) is 3.64. The number of thiazole rings is 1. The number of amides is 1. The standard InChI is InChI=1S/C26H24N2O7S/c1-4-11-33-17-9-6-8-16(14-17)21(29)19-20(18-10-7-13-34-18)28(24(31)22(19)30)26-27-15(3)23(36-26)25(32)35-12-5-2/h5-10,13-14,20,29H,2,4,11-12H2,1,3H3/b21-19+. The second-order valence-corrected chi connectivity index (χ2v) is 8.84. The van der Waals surface area contributed by atoms with Gasteiger partial charge < -0.3 is 19.0 Å². The minimum absolute atomic E-state index is 0.0173. The highest BCUT2D eigenvalue weighted by molar-refractivity contribution is 7.17. The van der Waals surface area contributed by atoms with Gasteiger partial charge in [-0.15, -0.1) is 0 Å². The number of ether oxygens (including phenoxy) is 2. The van der Waals surface area contributed by atoms with E-state index in [0.717, 1.165) is 22.7 Å². The topological polar surface area (TPSA) is 119 Å². The van der Waals surface area contributed by atoms with Crippen molar-refractivity contribution < 1.29 is 33.4 Å². The Bertz CT molecular complexity index is 1340. The lowest BCUT2D eigenvalue weighted by atomic mass is 9.99. The van der Waals surface area contributed by atoms with Gasteiger partial charge >= 0.3 is 11.9 Å². The van der Waals surface area contributed by atoms with E-state index in [0.29, 0.717) is 23.6 Å². The minimum atomic E-state index is -1.09. The Morgan fingerprint density at radius 2 is 2.11 bits per heavy atom. The maximum Gasteiger partial charge on any atom is 0.350 e. The van der Waals surface area contributed by atoms with E-state index < -0.39 is 23.7 Å². The molecule has 0 bridgehead atoms. The highest BCUT2D eigenvalue weighted by atomic mass is 32.1. The number of benzene rings is 1. The Morgan fingerprint density at radius 1 is 1.31 bits per heavy atom. The number of hydrogen-bond acceptors (Lipinski definition) is 9. The molecule has 0 radical (unpaired) electrons. The quantitative estimate of drug-likeness (QED) is 0.144. The molecule has 1 amide bonds. The maximum atomic E-state index is 13.2. The first-order valence-corrected chi connectivity index (χ1v) is 12.0. The number of carbonyl (C=O) groups is 3. The van der Waals surface area contributed by atoms with Gasteiger partial charge in [-0.05, 0) is 37.6 Å². The summed E-state index contributed by atoms with van der Waals surface area (Å²) in [5.74, 6) is -2.04. The molecule has 3 aromatic rings. The number of nitrogens with zero attached hydrogens (tertiary/aromatic N) is 2. The molecule has 1 atom stereocenters. The average Bonchev–Trinajstić information content (AvgIpc) is 3.60. The number of aromatic nitrogens is 1. The third-order valence-electron chi connectivity index (χ3n) is 5.35. The van der Waals surface area contributed by atoms with Gasteiger partial charge in [0.2, 0.25) is 0 Å². The van der Waals surface area contributed by atoms with Crippen molar-refractivity contribution in [3.05, 3.63) is 82.8 Å². The van der Waals surface area contributed by atoms with Gasteiger partial charge in [-0.25, -0.2) is 9.78 Å². The largest absolute Gasteiger partial charge is 0.507 e. The van der Waals surface area contributed by atoms with Gasteiger partial charge in [0.25, 0.3) is 5.78 Å². The Morgan fingerprint density at radius 3 is 2.81 bits per heavy atom. The third kappa shape index (κ3) is 4.67. The van der Waals surface area contributed by atoms with Crippen LogP contribution in [0.3, 0.4) is 0 Å². The predicted octanol–water partition coefficient (Wildman–Crippen LogP) is 4.80. The van der Waals surface area contributed by atoms with Gasteiger partial charge in [0.1, 0.15) is 34.8 Å². The van der Waals surface area contributed by atoms with Gasteiger partial charge in [0.05, 0.1) is 24.1 Å². The number of ketones is 1. The van der Waals surface area contributed by atoms with Crippen LogP contribution in [0.4, 0.5) is 5.13 Å². The number of aryl methyl sites for hydroxylation is 1. The fraction of sp³-hybridized carbons (Fsp3) is 0.231. The molecule has 1 saturated heterocycles. The summed E-state index contributed by atoms with van der Waals surface area (Å²) in [4.78, 5) is 44.6. The third-order valence-corrected chi connectivity index (χ3v) is 6.48. The summed E-state index contributed by atoms with van der Waals surface area (Å²) >= 11 is 0.910. The second kappa shape index (κ2) is 10.6. The van der Waals surface area contributed by atoms with Crippen LogP contribution in [-0.4, -0.2) is 41.0 Å². The van der Waals surface area contributed by atoms with E-state index in [2.05, 4.69) is 11.6 Å². The predicted molar refractivity (Wildman–Crippen MR) is 133 cm³/mol. The summed E-state index contributed by atoms with van der Waals surface area (Å²) in [5, 5.41) is 11.3. The molecule has 2 aromatic heterocycles. The van der Waals surface area contributed by atoms with E-state index in [-0.39, 0.29) is 33.7 Å². The first-order chi connectivity index (χ1) is 17.4. The maximum absolute atomic E-state index is 13.2. The summed E-state index contributed by atoms with van der Waals surface area (Å²) in [7, 11) is 0. The number of carbonyl (C=O) groups excluding carboxylic acids is 3. The first kappa shape index (κ1) is 24.9. The Balaban J connectivity index is 1.81. The summed E-state index contributed by atoms with van der Waals surface area (Å²) in [6, 6.07) is 8.74. The number of aliphatic hydroxyl groups excluding tert-OH is 1. The van der Waals surface area contributed by atoms with Crippen molar-refractivity contribution >= 4 is 39.9 Å². The second-order valence-electron chi connectivity index (χ2n) is 7.86. The van der Waals surface area contributed by atoms with Crippen molar-refractivity contribution in [2.45, 2.75) is 26.3 Å². The molecular formula is C26H24N2O7S. The van der Waals surface area contributed by atoms with Crippen LogP contribution in [0, 0.1) is 6.92 Å². The molecule has 36 heavy (non-hydrogen) atoms. The highest BCUT2D eigenvalue weighted by Crippen LogP contribution is 2.44. The molecule has 3 heterocycles. The van der Waals surface area contributed by atoms with Gasteiger partial charge in [0.15, 0.2) is 5.13 Å². The summed E-state index contributed by atoms with van der Waals surface area (Å²) < 4.78 is 16.3. The normalized spacial score (nSPS) is 16.8. The van der Waals surface area contributed by atoms with Crippen LogP contribution in [0.5, 0.6) is 5.75 Å². The summed E-state index contributed by atoms with van der Waals surface area (Å²) in [5.41, 5.74) is 0.485. The number of hydrogen-bond donors (Lipinski definition) is 1. The minimum Gasteiger partial charge on any atom is -0.507 e. The average molecular weight is 509 g/mol. The lowest BCUT2D eigenvalue weighted by Gasteiger charge is -2.20. The number of rotatable bonds is 9. The summed E-state index contributed by atoms with van der Waals surface area (Å²) in [6.45, 7) is 7.60. The molecule has 1 aromatic carbocycles. The molecule has 0 saturated carbocycles. The first-order valence-electron chi connectivity index (χ1n) is 11.2. The molecule has 1 aliphatic heterocycles. The van der Waals surface area contributed by atoms with E-state index >= 15 is 0 Å². The van der Waals surface area contributed by atoms with Crippen molar-refractivity contribution in [3.63, 3.8) is 0 Å². The van der Waals surface area contributed by atoms with Crippen LogP contribution in [0.25, 0.3) is 5.76 Å². The SMILES string of the molecule is C=CCOC(=O)c1sc(N2C(=O)C(=O)/C(=C(/O)c3cccc(OCCC)c3)C2c2ccco2)nc1C. The molecule has 9 nitrogen and oxygen atoms in total. The fourth-order valence-electron chi connectivity index (χ4n) is 3.73. The molecule has 10 heteroatoms. The molecular weight excluding hydrogens is 484 g/mol. The Hall–Kier alpha value is -4.18. The van der Waals surface area contributed by atoms with E-state index in [1.165, 1.54) is 12.3 Å². The lowest BCUT2D eigenvalue weighted by molar-refractivity contribution is -0.132. The van der Waals surface area contributed by atoms with Crippen molar-refractivity contribution in [1.82, 2.24) is 4.98 Å². The van der Waals surface area contributed by atoms with Crippen LogP contribution >= 0.6 is 11.3 Å². The number of anilines is 1. The molecule has 1 fully saturated rings. The van der Waals surface area contributed by atoms with Crippen LogP contribution < -0.4 is 9.64 Å². The van der Waals surface area contributed by atoms with Crippen LogP contribution in [0.2, 0.25) is 0 Å². The number of esters is 1. The van der Waals surface area contributed by atoms with Crippen LogP contribution in [0.1, 0.15) is 46.1 Å². The zero-order valence-corrected chi connectivity index (χ0v) is 20.5. The molecule has 1 unspecified atom stereocenters. The molecule has 4 rings (SSSR count). The van der Waals surface area contributed by atoms with E-state index in [1.807, 2.05) is 6.92 Å². The van der Waals surface area contributed by atoms with Crippen molar-refractivity contribution in [2.24, 2.45) is 0 Å².